The summed E-state index contributed by atoms with van der Waals surface area (Å²) in [6, 6.07) is 8.55. The molecule has 0 saturated heterocycles. The minimum atomic E-state index is 0.805. The van der Waals surface area contributed by atoms with Crippen molar-refractivity contribution in [3.8, 4) is 0 Å². The molecule has 0 unspecified atom stereocenters. The fourth-order valence-corrected chi connectivity index (χ4v) is 2.12. The summed E-state index contributed by atoms with van der Waals surface area (Å²) in [5.41, 5.74) is 3.68. The van der Waals surface area contributed by atoms with Gasteiger partial charge in [-0.05, 0) is 38.7 Å². The van der Waals surface area contributed by atoms with Gasteiger partial charge in [-0.3, -0.25) is 0 Å². The Labute approximate surface area is 115 Å². The molecule has 0 bridgehead atoms. The molecular weight excluding hydrogens is 236 g/mol. The molecule has 0 aliphatic rings. The number of imidazole rings is 1. The lowest BCUT2D eigenvalue weighted by molar-refractivity contribution is 0.402. The molecule has 0 saturated carbocycles. The smallest absolute Gasteiger partial charge is 0.0948 e. The molecule has 19 heavy (non-hydrogen) atoms. The molecule has 1 N–H and O–H groups in total. The molecule has 1 aromatic heterocycles. The molecular formula is C15H22N4. The van der Waals surface area contributed by atoms with E-state index in [1.807, 2.05) is 12.5 Å². The van der Waals surface area contributed by atoms with Gasteiger partial charge in [0.25, 0.3) is 0 Å². The van der Waals surface area contributed by atoms with Crippen molar-refractivity contribution in [2.24, 2.45) is 0 Å². The first kappa shape index (κ1) is 13.6. The molecule has 2 rings (SSSR count). The van der Waals surface area contributed by atoms with Crippen LogP contribution in [0.2, 0.25) is 0 Å². The van der Waals surface area contributed by atoms with Gasteiger partial charge in [0.05, 0.1) is 18.6 Å². The maximum absolute atomic E-state index is 4.18. The lowest BCUT2D eigenvalue weighted by Crippen LogP contribution is -2.11. The number of aromatic nitrogens is 2. The fraction of sp³-hybridized carbons (Fsp3) is 0.400. The maximum Gasteiger partial charge on any atom is 0.0948 e. The SMILES string of the molecule is CCn1cncc1CNc1cccc(CN(C)C)c1. The second kappa shape index (κ2) is 6.38. The average molecular weight is 258 g/mol. The van der Waals surface area contributed by atoms with E-state index in [1.165, 1.54) is 11.3 Å². The number of anilines is 1. The number of hydrogen-bond donors (Lipinski definition) is 1. The molecule has 1 aromatic carbocycles. The van der Waals surface area contributed by atoms with E-state index in [0.29, 0.717) is 0 Å². The van der Waals surface area contributed by atoms with Crippen molar-refractivity contribution in [2.45, 2.75) is 26.6 Å². The van der Waals surface area contributed by atoms with Crippen LogP contribution in [-0.2, 0) is 19.6 Å². The van der Waals surface area contributed by atoms with Crippen molar-refractivity contribution >= 4 is 5.69 Å². The van der Waals surface area contributed by atoms with Crippen LogP contribution < -0.4 is 5.32 Å². The molecule has 0 fully saturated rings. The van der Waals surface area contributed by atoms with Gasteiger partial charge in [0.15, 0.2) is 0 Å². The van der Waals surface area contributed by atoms with Crippen LogP contribution in [0.3, 0.4) is 0 Å². The zero-order chi connectivity index (χ0) is 13.7. The van der Waals surface area contributed by atoms with Crippen molar-refractivity contribution in [3.63, 3.8) is 0 Å². The van der Waals surface area contributed by atoms with Crippen molar-refractivity contribution < 1.29 is 0 Å². The number of nitrogens with one attached hydrogen (secondary N) is 1. The first-order valence-electron chi connectivity index (χ1n) is 6.65. The normalized spacial score (nSPS) is 10.9. The number of rotatable bonds is 6. The topological polar surface area (TPSA) is 33.1 Å². The van der Waals surface area contributed by atoms with Crippen LogP contribution in [0.4, 0.5) is 5.69 Å². The third-order valence-corrected chi connectivity index (χ3v) is 3.04. The number of benzene rings is 1. The summed E-state index contributed by atoms with van der Waals surface area (Å²) in [7, 11) is 4.17. The predicted molar refractivity (Wildman–Crippen MR) is 79.1 cm³/mol. The van der Waals surface area contributed by atoms with Crippen LogP contribution in [0, 0.1) is 0 Å². The van der Waals surface area contributed by atoms with Crippen LogP contribution >= 0.6 is 0 Å². The summed E-state index contributed by atoms with van der Waals surface area (Å²) >= 11 is 0. The van der Waals surface area contributed by atoms with Gasteiger partial charge in [0.1, 0.15) is 0 Å². The quantitative estimate of drug-likeness (QED) is 0.864. The Bertz CT molecular complexity index is 516. The molecule has 4 nitrogen and oxygen atoms in total. The summed E-state index contributed by atoms with van der Waals surface area (Å²) in [5, 5.41) is 3.46. The van der Waals surface area contributed by atoms with Gasteiger partial charge >= 0.3 is 0 Å². The van der Waals surface area contributed by atoms with Crippen LogP contribution in [-0.4, -0.2) is 28.5 Å². The minimum absolute atomic E-state index is 0.805. The van der Waals surface area contributed by atoms with Gasteiger partial charge in [0.2, 0.25) is 0 Å². The minimum Gasteiger partial charge on any atom is -0.379 e. The van der Waals surface area contributed by atoms with Gasteiger partial charge in [-0.15, -0.1) is 0 Å². The van der Waals surface area contributed by atoms with E-state index in [4.69, 9.17) is 0 Å². The molecule has 0 radical (unpaired) electrons. The third-order valence-electron chi connectivity index (χ3n) is 3.04. The zero-order valence-corrected chi connectivity index (χ0v) is 11.9. The van der Waals surface area contributed by atoms with E-state index in [-0.39, 0.29) is 0 Å². The lowest BCUT2D eigenvalue weighted by Gasteiger charge is -2.12. The van der Waals surface area contributed by atoms with Crippen LogP contribution in [0.5, 0.6) is 0 Å². The molecule has 0 amide bonds. The molecule has 1 heterocycles. The van der Waals surface area contributed by atoms with Gasteiger partial charge in [-0.25, -0.2) is 4.98 Å². The average Bonchev–Trinajstić information content (AvgIpc) is 2.83. The number of aryl methyl sites for hydroxylation is 1. The zero-order valence-electron chi connectivity index (χ0n) is 11.9. The molecule has 2 aromatic rings. The van der Waals surface area contributed by atoms with Gasteiger partial charge in [-0.2, -0.15) is 0 Å². The first-order chi connectivity index (χ1) is 9.19. The highest BCUT2D eigenvalue weighted by Gasteiger charge is 2.01. The summed E-state index contributed by atoms with van der Waals surface area (Å²) in [6.07, 6.45) is 3.79. The maximum atomic E-state index is 4.18. The Kier molecular flexibility index (Phi) is 4.58. The summed E-state index contributed by atoms with van der Waals surface area (Å²) in [4.78, 5) is 6.35. The van der Waals surface area contributed by atoms with Crippen LogP contribution in [0.25, 0.3) is 0 Å². The van der Waals surface area contributed by atoms with Crippen LogP contribution in [0.1, 0.15) is 18.2 Å². The van der Waals surface area contributed by atoms with E-state index in [1.54, 1.807) is 0 Å². The lowest BCUT2D eigenvalue weighted by atomic mass is 10.2. The van der Waals surface area contributed by atoms with Crippen LogP contribution in [0.15, 0.2) is 36.8 Å². The Morgan fingerprint density at radius 1 is 1.32 bits per heavy atom. The Hall–Kier alpha value is -1.81. The predicted octanol–water partition coefficient (Wildman–Crippen LogP) is 2.58. The molecule has 0 spiro atoms. The standard InChI is InChI=1S/C15H22N4/c1-4-19-12-16-9-15(19)10-17-14-7-5-6-13(8-14)11-18(2)3/h5-9,12,17H,4,10-11H2,1-3H3. The van der Waals surface area contributed by atoms with Gasteiger partial charge in [0, 0.05) is 25.0 Å². The number of hydrogen-bond acceptors (Lipinski definition) is 3. The molecule has 0 aliphatic heterocycles. The second-order valence-corrected chi connectivity index (χ2v) is 4.96. The van der Waals surface area contributed by atoms with E-state index in [9.17, 15) is 0 Å². The Morgan fingerprint density at radius 3 is 2.89 bits per heavy atom. The summed E-state index contributed by atoms with van der Waals surface area (Å²) in [6.45, 7) is 4.85. The largest absolute Gasteiger partial charge is 0.379 e. The van der Waals surface area contributed by atoms with E-state index in [2.05, 4.69) is 65.1 Å². The highest BCUT2D eigenvalue weighted by atomic mass is 15.1. The van der Waals surface area contributed by atoms with E-state index >= 15 is 0 Å². The Balaban J connectivity index is 1.99. The first-order valence-corrected chi connectivity index (χ1v) is 6.65. The van der Waals surface area contributed by atoms with Crippen molar-refractivity contribution in [1.29, 1.82) is 0 Å². The van der Waals surface area contributed by atoms with Crippen molar-refractivity contribution in [1.82, 2.24) is 14.5 Å². The second-order valence-electron chi connectivity index (χ2n) is 4.96. The van der Waals surface area contributed by atoms with Crippen molar-refractivity contribution in [3.05, 3.63) is 48.0 Å². The highest BCUT2D eigenvalue weighted by Crippen LogP contribution is 2.13. The Morgan fingerprint density at radius 2 is 2.16 bits per heavy atom. The summed E-state index contributed by atoms with van der Waals surface area (Å²) in [5.74, 6) is 0. The highest BCUT2D eigenvalue weighted by molar-refractivity contribution is 5.45. The van der Waals surface area contributed by atoms with Gasteiger partial charge < -0.3 is 14.8 Å². The van der Waals surface area contributed by atoms with Gasteiger partial charge in [-0.1, -0.05) is 12.1 Å². The molecule has 4 heteroatoms. The van der Waals surface area contributed by atoms with Crippen molar-refractivity contribution in [2.75, 3.05) is 19.4 Å². The van der Waals surface area contributed by atoms with E-state index in [0.717, 1.165) is 25.3 Å². The summed E-state index contributed by atoms with van der Waals surface area (Å²) < 4.78 is 2.15. The van der Waals surface area contributed by atoms with E-state index < -0.39 is 0 Å². The molecule has 102 valence electrons. The third kappa shape index (κ3) is 3.83. The molecule has 0 atom stereocenters. The fourth-order valence-electron chi connectivity index (χ4n) is 2.12. The molecule has 0 aliphatic carbocycles. The number of nitrogens with zero attached hydrogens (tertiary/aromatic N) is 3. The monoisotopic (exact) mass is 258 g/mol.